The molecular formula is C24H27ClF3NO2S. The first-order chi connectivity index (χ1) is 15.0. The average Bonchev–Trinajstić information content (AvgIpc) is 2.98. The highest BCUT2D eigenvalue weighted by Crippen LogP contribution is 2.44. The molecule has 2 aromatic rings. The maximum Gasteiger partial charge on any atom is 0.194 e. The van der Waals surface area contributed by atoms with Crippen LogP contribution >= 0.6 is 11.6 Å². The molecule has 6 unspecified atom stereocenters. The number of aliphatic hydroxyl groups is 1. The van der Waals surface area contributed by atoms with E-state index in [4.69, 9.17) is 11.6 Å². The quantitative estimate of drug-likeness (QED) is 0.447. The largest absolute Gasteiger partial charge is 0.393 e. The zero-order valence-electron chi connectivity index (χ0n) is 18.2. The van der Waals surface area contributed by atoms with E-state index in [2.05, 4.69) is 25.7 Å². The molecule has 1 aliphatic rings. The van der Waals surface area contributed by atoms with Gasteiger partial charge in [0.05, 0.1) is 26.8 Å². The summed E-state index contributed by atoms with van der Waals surface area (Å²) >= 11 is 6.40. The predicted molar refractivity (Wildman–Crippen MR) is 123 cm³/mol. The second-order valence-corrected chi connectivity index (χ2v) is 10.7. The number of anilines is 1. The van der Waals surface area contributed by atoms with Gasteiger partial charge in [0.25, 0.3) is 0 Å². The molecule has 1 fully saturated rings. The zero-order valence-corrected chi connectivity index (χ0v) is 19.7. The molecule has 0 spiro atoms. The van der Waals surface area contributed by atoms with Crippen LogP contribution in [0.5, 0.6) is 0 Å². The number of hydrogen-bond donors (Lipinski definition) is 2. The third-order valence-electron chi connectivity index (χ3n) is 6.22. The lowest BCUT2D eigenvalue weighted by molar-refractivity contribution is 0.161. The van der Waals surface area contributed by atoms with E-state index >= 15 is 0 Å². The summed E-state index contributed by atoms with van der Waals surface area (Å²) in [7, 11) is -1.43. The fourth-order valence-corrected chi connectivity index (χ4v) is 6.86. The minimum absolute atomic E-state index is 0.000685. The van der Waals surface area contributed by atoms with E-state index in [9.17, 15) is 22.5 Å². The lowest BCUT2D eigenvalue weighted by atomic mass is 9.99. The first-order valence-corrected chi connectivity index (χ1v) is 12.1. The van der Waals surface area contributed by atoms with Crippen LogP contribution in [0.3, 0.4) is 0 Å². The Morgan fingerprint density at radius 3 is 2.47 bits per heavy atom. The van der Waals surface area contributed by atoms with Crippen LogP contribution in [-0.4, -0.2) is 20.7 Å². The summed E-state index contributed by atoms with van der Waals surface area (Å²) in [4.78, 5) is 0.449. The highest BCUT2D eigenvalue weighted by Gasteiger charge is 2.43. The van der Waals surface area contributed by atoms with Crippen LogP contribution < -0.4 is 5.32 Å². The molecule has 174 valence electrons. The molecule has 3 rings (SSSR count). The third-order valence-corrected chi connectivity index (χ3v) is 8.74. The van der Waals surface area contributed by atoms with Crippen molar-refractivity contribution < 1.29 is 22.5 Å². The molecule has 2 N–H and O–H groups in total. The second kappa shape index (κ2) is 9.98. The molecule has 1 aliphatic carbocycles. The zero-order chi connectivity index (χ0) is 23.7. The van der Waals surface area contributed by atoms with Crippen molar-refractivity contribution in [1.29, 1.82) is 0 Å². The molecule has 0 heterocycles. The SMILES string of the molecule is C=C(Nc1cc(F)c(F)c(F)c1)c1ccc(Cl)c(S(=O)C2C(CC(C)O)CC(C)C2C)c1. The number of benzene rings is 2. The Morgan fingerprint density at radius 2 is 1.88 bits per heavy atom. The molecule has 0 aromatic heterocycles. The maximum absolute atomic E-state index is 13.6. The van der Waals surface area contributed by atoms with Crippen LogP contribution in [-0.2, 0) is 10.8 Å². The van der Waals surface area contributed by atoms with Crippen molar-refractivity contribution in [2.75, 3.05) is 5.32 Å². The van der Waals surface area contributed by atoms with Gasteiger partial charge in [-0.05, 0) is 55.2 Å². The Labute approximate surface area is 194 Å². The Morgan fingerprint density at radius 1 is 1.25 bits per heavy atom. The van der Waals surface area contributed by atoms with E-state index in [-0.39, 0.29) is 22.8 Å². The first kappa shape index (κ1) is 24.8. The van der Waals surface area contributed by atoms with Crippen molar-refractivity contribution in [2.24, 2.45) is 17.8 Å². The van der Waals surface area contributed by atoms with Crippen LogP contribution in [0.25, 0.3) is 5.70 Å². The molecule has 6 atom stereocenters. The van der Waals surface area contributed by atoms with Crippen molar-refractivity contribution >= 4 is 33.8 Å². The van der Waals surface area contributed by atoms with Crippen LogP contribution in [0, 0.1) is 35.2 Å². The molecule has 3 nitrogen and oxygen atoms in total. The fourth-order valence-electron chi connectivity index (χ4n) is 4.48. The van der Waals surface area contributed by atoms with Crippen LogP contribution in [0.2, 0.25) is 5.02 Å². The Hall–Kier alpha value is -1.83. The molecule has 0 aliphatic heterocycles. The van der Waals surface area contributed by atoms with Crippen molar-refractivity contribution in [1.82, 2.24) is 0 Å². The van der Waals surface area contributed by atoms with Gasteiger partial charge in [-0.25, -0.2) is 13.2 Å². The van der Waals surface area contributed by atoms with E-state index < -0.39 is 34.4 Å². The molecule has 0 saturated heterocycles. The molecule has 32 heavy (non-hydrogen) atoms. The molecule has 8 heteroatoms. The van der Waals surface area contributed by atoms with Crippen molar-refractivity contribution in [3.8, 4) is 0 Å². The van der Waals surface area contributed by atoms with Gasteiger partial charge in [0.2, 0.25) is 0 Å². The van der Waals surface area contributed by atoms with E-state index in [0.29, 0.717) is 33.5 Å². The molecular weight excluding hydrogens is 459 g/mol. The lowest BCUT2D eigenvalue weighted by Gasteiger charge is -2.24. The number of nitrogens with one attached hydrogen (secondary N) is 1. The van der Waals surface area contributed by atoms with E-state index in [1.165, 1.54) is 0 Å². The number of aliphatic hydroxyl groups excluding tert-OH is 1. The van der Waals surface area contributed by atoms with E-state index in [0.717, 1.165) is 18.6 Å². The third kappa shape index (κ3) is 5.21. The smallest absolute Gasteiger partial charge is 0.194 e. The Bertz CT molecular complexity index is 1020. The molecule has 0 radical (unpaired) electrons. The molecule has 1 saturated carbocycles. The van der Waals surface area contributed by atoms with E-state index in [1.54, 1.807) is 25.1 Å². The van der Waals surface area contributed by atoms with Gasteiger partial charge in [-0.3, -0.25) is 4.21 Å². The molecule has 0 bridgehead atoms. The van der Waals surface area contributed by atoms with Crippen LogP contribution in [0.15, 0.2) is 41.8 Å². The Kier molecular flexibility index (Phi) is 7.73. The van der Waals surface area contributed by atoms with Gasteiger partial charge in [0.15, 0.2) is 17.5 Å². The first-order valence-electron chi connectivity index (χ1n) is 10.5. The molecule has 0 amide bonds. The maximum atomic E-state index is 13.6. The summed E-state index contributed by atoms with van der Waals surface area (Å²) in [6.07, 6.45) is 0.966. The highest BCUT2D eigenvalue weighted by molar-refractivity contribution is 7.85. The highest BCUT2D eigenvalue weighted by atomic mass is 35.5. The number of halogens is 4. The van der Waals surface area contributed by atoms with Crippen molar-refractivity contribution in [2.45, 2.75) is 49.9 Å². The second-order valence-electron chi connectivity index (χ2n) is 8.68. The number of hydrogen-bond acceptors (Lipinski definition) is 3. The van der Waals surface area contributed by atoms with Crippen molar-refractivity contribution in [3.63, 3.8) is 0 Å². The minimum Gasteiger partial charge on any atom is -0.393 e. The normalized spacial score (nSPS) is 24.9. The topological polar surface area (TPSA) is 49.3 Å². The van der Waals surface area contributed by atoms with Gasteiger partial charge >= 0.3 is 0 Å². The lowest BCUT2D eigenvalue weighted by Crippen LogP contribution is -2.28. The van der Waals surface area contributed by atoms with Gasteiger partial charge < -0.3 is 10.4 Å². The van der Waals surface area contributed by atoms with Gasteiger partial charge in [0.1, 0.15) is 0 Å². The van der Waals surface area contributed by atoms with Crippen LogP contribution in [0.1, 0.15) is 39.2 Å². The summed E-state index contributed by atoms with van der Waals surface area (Å²) in [6.45, 7) is 9.82. The van der Waals surface area contributed by atoms with Gasteiger partial charge in [-0.15, -0.1) is 0 Å². The monoisotopic (exact) mass is 485 g/mol. The summed E-state index contributed by atoms with van der Waals surface area (Å²) in [5.74, 6) is -3.51. The number of rotatable bonds is 7. The Balaban J connectivity index is 1.88. The van der Waals surface area contributed by atoms with Gasteiger partial charge in [-0.1, -0.05) is 38.1 Å². The standard InChI is InChI=1S/C24H27ClF3NO2S/c1-12-7-17(8-13(2)30)24(14(12)3)32(31)22-9-16(5-6-19(22)25)15(4)29-18-10-20(26)23(28)21(27)11-18/h5-6,9-14,17,24,29-30H,4,7-8H2,1-3H3. The molecule has 2 aromatic carbocycles. The summed E-state index contributed by atoms with van der Waals surface area (Å²) in [6, 6.07) is 6.58. The summed E-state index contributed by atoms with van der Waals surface area (Å²) < 4.78 is 53.9. The minimum atomic E-state index is -1.54. The average molecular weight is 486 g/mol. The van der Waals surface area contributed by atoms with Crippen LogP contribution in [0.4, 0.5) is 18.9 Å². The van der Waals surface area contributed by atoms with E-state index in [1.807, 2.05) is 0 Å². The van der Waals surface area contributed by atoms with Gasteiger partial charge in [0, 0.05) is 28.8 Å². The summed E-state index contributed by atoms with van der Waals surface area (Å²) in [5, 5.41) is 12.8. The van der Waals surface area contributed by atoms with Crippen molar-refractivity contribution in [3.05, 3.63) is 64.9 Å². The predicted octanol–water partition coefficient (Wildman–Crippen LogP) is 6.38. The van der Waals surface area contributed by atoms with Gasteiger partial charge in [-0.2, -0.15) is 0 Å². The fraction of sp³-hybridized carbons (Fsp3) is 0.417. The summed E-state index contributed by atoms with van der Waals surface area (Å²) in [5.41, 5.74) is 0.826.